The first-order chi connectivity index (χ1) is 20.2. The van der Waals surface area contributed by atoms with Gasteiger partial charge in [0.15, 0.2) is 15.1 Å². The molecule has 0 heterocycles. The molecule has 0 aromatic heterocycles. The van der Waals surface area contributed by atoms with Crippen LogP contribution in [-0.2, 0) is 24.2 Å². The van der Waals surface area contributed by atoms with E-state index < -0.39 is 32.9 Å². The van der Waals surface area contributed by atoms with Gasteiger partial charge in [-0.1, -0.05) is 66.6 Å². The van der Waals surface area contributed by atoms with Gasteiger partial charge < -0.3 is 20.5 Å². The number of carbonyl (C=O) groups excluding carboxylic acids is 2. The Kier molecular flexibility index (Phi) is 12.1. The third kappa shape index (κ3) is 9.21. The Morgan fingerprint density at radius 2 is 1.45 bits per heavy atom. The molecule has 1 atom stereocenters. The van der Waals surface area contributed by atoms with Crippen LogP contribution in [0.2, 0.25) is 0 Å². The minimum Gasteiger partial charge on any atom is -0.481 e. The number of carbonyl (C=O) groups is 3. The molecule has 1 unspecified atom stereocenters. The van der Waals surface area contributed by atoms with Crippen molar-refractivity contribution in [3.63, 3.8) is 0 Å². The number of carboxylic acids is 1. The lowest BCUT2D eigenvalue weighted by molar-refractivity contribution is -0.136. The van der Waals surface area contributed by atoms with Crippen LogP contribution in [0.5, 0.6) is 5.75 Å². The number of unbranched alkanes of at least 4 members (excludes halogenated alkanes) is 1. The van der Waals surface area contributed by atoms with E-state index in [1.165, 1.54) is 24.3 Å². The van der Waals surface area contributed by atoms with Crippen LogP contribution in [0.25, 0.3) is 0 Å². The molecule has 2 amide bonds. The number of aliphatic carboxylic acids is 1. The van der Waals surface area contributed by atoms with Crippen molar-refractivity contribution in [3.05, 3.63) is 96.1 Å². The van der Waals surface area contributed by atoms with Crippen molar-refractivity contribution in [2.45, 2.75) is 42.2 Å². The smallest absolute Gasteiger partial charge is 0.322 e. The van der Waals surface area contributed by atoms with Crippen LogP contribution in [0.3, 0.4) is 0 Å². The van der Waals surface area contributed by atoms with Crippen molar-refractivity contribution < 1.29 is 32.6 Å². The molecule has 0 saturated heterocycles. The van der Waals surface area contributed by atoms with E-state index in [-0.39, 0.29) is 43.3 Å². The number of benzene rings is 3. The maximum absolute atomic E-state index is 13.0. The Morgan fingerprint density at radius 3 is 2.00 bits per heavy atom. The molecule has 3 aromatic carbocycles. The van der Waals surface area contributed by atoms with E-state index in [0.29, 0.717) is 12.2 Å². The number of sulfone groups is 1. The van der Waals surface area contributed by atoms with E-state index in [2.05, 4.69) is 22.5 Å². The highest BCUT2D eigenvalue weighted by atomic mass is 32.2. The third-order valence-electron chi connectivity index (χ3n) is 6.46. The topological polar surface area (TPSA) is 139 Å². The third-order valence-corrected chi connectivity index (χ3v) is 8.57. The lowest BCUT2D eigenvalue weighted by Gasteiger charge is -2.18. The molecule has 0 aliphatic rings. The van der Waals surface area contributed by atoms with E-state index in [4.69, 9.17) is 4.74 Å². The number of hydrogen-bond acceptors (Lipinski definition) is 6. The number of rotatable bonds is 15. The molecule has 0 radical (unpaired) electrons. The van der Waals surface area contributed by atoms with Gasteiger partial charge >= 0.3 is 5.97 Å². The molecule has 3 aromatic rings. The van der Waals surface area contributed by atoms with E-state index >= 15 is 0 Å². The van der Waals surface area contributed by atoms with Gasteiger partial charge in [0.05, 0.1) is 17.4 Å². The van der Waals surface area contributed by atoms with Crippen LogP contribution in [0.4, 0.5) is 0 Å². The second-order valence-corrected chi connectivity index (χ2v) is 11.5. The second kappa shape index (κ2) is 16.0. The van der Waals surface area contributed by atoms with E-state index in [0.717, 1.165) is 11.1 Å². The minimum atomic E-state index is -4.14. The van der Waals surface area contributed by atoms with Crippen molar-refractivity contribution in [2.24, 2.45) is 0 Å². The van der Waals surface area contributed by atoms with Crippen molar-refractivity contribution >= 4 is 27.6 Å². The Hall–Kier alpha value is -4.62. The Bertz CT molecular complexity index is 1460. The summed E-state index contributed by atoms with van der Waals surface area (Å²) in [6, 6.07) is 24.1. The zero-order chi connectivity index (χ0) is 30.4. The summed E-state index contributed by atoms with van der Waals surface area (Å²) >= 11 is 0. The zero-order valence-corrected chi connectivity index (χ0v) is 24.1. The maximum atomic E-state index is 13.0. The van der Waals surface area contributed by atoms with E-state index in [9.17, 15) is 27.9 Å². The molecular formula is C32H34N2O7S. The van der Waals surface area contributed by atoms with E-state index in [1.807, 2.05) is 60.7 Å². The van der Waals surface area contributed by atoms with Crippen molar-refractivity contribution in [1.29, 1.82) is 0 Å². The SMILES string of the molecule is CC#CCOc1ccc(S(=O)(=O)C(CCCCNC(=O)CNC(=O)C(c2ccccc2)c2ccccc2)C(=O)O)cc1. The predicted molar refractivity (Wildman–Crippen MR) is 159 cm³/mol. The standard InChI is InChI=1S/C32H34N2O7S/c1-2-3-22-41-26-17-19-27(20-18-26)42(39,40)28(32(37)38)16-10-11-21-33-29(35)23-34-31(36)30(24-12-6-4-7-13-24)25-14-8-5-9-15-25/h4-9,12-15,17-20,28,30H,10-11,16,21-23H2,1H3,(H,33,35)(H,34,36)(H,37,38). The second-order valence-electron chi connectivity index (χ2n) is 9.38. The van der Waals surface area contributed by atoms with Gasteiger partial charge in [-0.05, 0) is 61.6 Å². The Labute approximate surface area is 246 Å². The summed E-state index contributed by atoms with van der Waals surface area (Å²) in [7, 11) is -4.14. The van der Waals surface area contributed by atoms with Crippen molar-refractivity contribution in [1.82, 2.24) is 10.6 Å². The lowest BCUT2D eigenvalue weighted by Crippen LogP contribution is -2.39. The molecule has 220 valence electrons. The summed E-state index contributed by atoms with van der Waals surface area (Å²) < 4.78 is 31.3. The van der Waals surface area contributed by atoms with Crippen LogP contribution in [0.15, 0.2) is 89.8 Å². The summed E-state index contributed by atoms with van der Waals surface area (Å²) in [6.45, 7) is 1.80. The molecule has 0 bridgehead atoms. The monoisotopic (exact) mass is 590 g/mol. The predicted octanol–water partition coefficient (Wildman–Crippen LogP) is 3.55. The molecule has 0 spiro atoms. The number of hydrogen-bond donors (Lipinski definition) is 3. The normalized spacial score (nSPS) is 11.6. The fraction of sp³-hybridized carbons (Fsp3) is 0.281. The first kappa shape index (κ1) is 31.9. The number of nitrogens with one attached hydrogen (secondary N) is 2. The largest absolute Gasteiger partial charge is 0.481 e. The molecule has 3 rings (SSSR count). The Morgan fingerprint density at radius 1 is 0.857 bits per heavy atom. The highest BCUT2D eigenvalue weighted by Crippen LogP contribution is 2.25. The first-order valence-electron chi connectivity index (χ1n) is 13.5. The maximum Gasteiger partial charge on any atom is 0.322 e. The molecule has 0 aliphatic heterocycles. The summed E-state index contributed by atoms with van der Waals surface area (Å²) in [4.78, 5) is 37.1. The van der Waals surface area contributed by atoms with Crippen LogP contribution >= 0.6 is 0 Å². The molecule has 3 N–H and O–H groups in total. The van der Waals surface area contributed by atoms with Crippen LogP contribution < -0.4 is 15.4 Å². The van der Waals surface area contributed by atoms with Crippen LogP contribution in [0.1, 0.15) is 43.2 Å². The van der Waals surface area contributed by atoms with Gasteiger partial charge in [0, 0.05) is 6.54 Å². The zero-order valence-electron chi connectivity index (χ0n) is 23.3. The van der Waals surface area contributed by atoms with Crippen LogP contribution in [-0.4, -0.2) is 56.3 Å². The summed E-state index contributed by atoms with van der Waals surface area (Å²) in [5, 5.41) is 13.4. The van der Waals surface area contributed by atoms with Crippen molar-refractivity contribution in [3.8, 4) is 17.6 Å². The quantitative estimate of drug-likeness (QED) is 0.182. The number of ether oxygens (including phenoxy) is 1. The van der Waals surface area contributed by atoms with Gasteiger partial charge in [-0.3, -0.25) is 14.4 Å². The van der Waals surface area contributed by atoms with Gasteiger partial charge in [0.1, 0.15) is 12.4 Å². The van der Waals surface area contributed by atoms with Gasteiger partial charge in [-0.2, -0.15) is 0 Å². The number of amides is 2. The molecule has 0 fully saturated rings. The summed E-state index contributed by atoms with van der Waals surface area (Å²) in [6.07, 6.45) is 0.495. The molecule has 0 saturated carbocycles. The molecule has 0 aliphatic carbocycles. The van der Waals surface area contributed by atoms with E-state index in [1.54, 1.807) is 6.92 Å². The molecule has 9 nitrogen and oxygen atoms in total. The molecule has 10 heteroatoms. The highest BCUT2D eigenvalue weighted by Gasteiger charge is 2.33. The fourth-order valence-electron chi connectivity index (χ4n) is 4.29. The first-order valence-corrected chi connectivity index (χ1v) is 15.0. The van der Waals surface area contributed by atoms with Gasteiger partial charge in [0.25, 0.3) is 0 Å². The lowest BCUT2D eigenvalue weighted by atomic mass is 9.90. The van der Waals surface area contributed by atoms with Crippen LogP contribution in [0, 0.1) is 11.8 Å². The molecule has 42 heavy (non-hydrogen) atoms. The average molecular weight is 591 g/mol. The Balaban J connectivity index is 1.47. The summed E-state index contributed by atoms with van der Waals surface area (Å²) in [5.74, 6) is 3.11. The van der Waals surface area contributed by atoms with Gasteiger partial charge in [-0.25, -0.2) is 8.42 Å². The van der Waals surface area contributed by atoms with Gasteiger partial charge in [0.2, 0.25) is 11.8 Å². The van der Waals surface area contributed by atoms with Crippen molar-refractivity contribution in [2.75, 3.05) is 19.7 Å². The summed E-state index contributed by atoms with van der Waals surface area (Å²) in [5.41, 5.74) is 1.60. The number of carboxylic acid groups (broad SMARTS) is 1. The fourth-order valence-corrected chi connectivity index (χ4v) is 5.88. The average Bonchev–Trinajstić information content (AvgIpc) is 2.99. The highest BCUT2D eigenvalue weighted by molar-refractivity contribution is 7.92. The molecular weight excluding hydrogens is 556 g/mol. The minimum absolute atomic E-state index is 0.114. The van der Waals surface area contributed by atoms with Gasteiger partial charge in [-0.15, -0.1) is 5.92 Å².